The lowest BCUT2D eigenvalue weighted by atomic mass is 10.1. The highest BCUT2D eigenvalue weighted by Crippen LogP contribution is 2.30. The van der Waals surface area contributed by atoms with Crippen LogP contribution in [0.3, 0.4) is 0 Å². The van der Waals surface area contributed by atoms with Crippen molar-refractivity contribution in [3.8, 4) is 17.1 Å². The van der Waals surface area contributed by atoms with Crippen LogP contribution in [0.4, 0.5) is 0 Å². The largest absolute Gasteiger partial charge is 0.270 e. The van der Waals surface area contributed by atoms with Gasteiger partial charge >= 0.3 is 0 Å². The molecule has 0 amide bonds. The average molecular weight is 436 g/mol. The lowest BCUT2D eigenvalue weighted by Crippen LogP contribution is -1.99. The summed E-state index contributed by atoms with van der Waals surface area (Å²) in [6.07, 6.45) is 0. The molecule has 0 saturated heterocycles. The molecular weight excluding hydrogens is 418 g/mol. The molecule has 3 aromatic carbocycles. The second-order valence-electron chi connectivity index (χ2n) is 6.26. The first kappa shape index (κ1) is 18.0. The molecule has 0 bridgehead atoms. The Morgan fingerprint density at radius 3 is 2.41 bits per heavy atom. The SMILES string of the molecule is Cc1cccc(-c2nnc(SCc3ccc(Br)cc3)n2-c2ccccc2)c1. The van der Waals surface area contributed by atoms with E-state index >= 15 is 0 Å². The molecule has 0 saturated carbocycles. The number of halogens is 1. The first-order chi connectivity index (χ1) is 13.2. The molecule has 0 aliphatic heterocycles. The molecule has 3 nitrogen and oxygen atoms in total. The van der Waals surface area contributed by atoms with E-state index in [1.807, 2.05) is 18.2 Å². The molecular formula is C22H18BrN3S. The van der Waals surface area contributed by atoms with Crippen molar-refractivity contribution < 1.29 is 0 Å². The summed E-state index contributed by atoms with van der Waals surface area (Å²) in [5.41, 5.74) is 4.60. The van der Waals surface area contributed by atoms with Gasteiger partial charge in [0.2, 0.25) is 0 Å². The zero-order valence-electron chi connectivity index (χ0n) is 14.8. The summed E-state index contributed by atoms with van der Waals surface area (Å²) < 4.78 is 3.23. The predicted molar refractivity (Wildman–Crippen MR) is 115 cm³/mol. The summed E-state index contributed by atoms with van der Waals surface area (Å²) in [5, 5.41) is 9.90. The Labute approximate surface area is 171 Å². The summed E-state index contributed by atoms with van der Waals surface area (Å²) in [6, 6.07) is 27.0. The molecule has 0 unspecified atom stereocenters. The van der Waals surface area contributed by atoms with Crippen molar-refractivity contribution >= 4 is 27.7 Å². The summed E-state index contributed by atoms with van der Waals surface area (Å²) in [6.45, 7) is 2.09. The topological polar surface area (TPSA) is 30.7 Å². The van der Waals surface area contributed by atoms with E-state index in [0.717, 1.165) is 32.5 Å². The summed E-state index contributed by atoms with van der Waals surface area (Å²) in [7, 11) is 0. The number of aromatic nitrogens is 3. The van der Waals surface area contributed by atoms with Crippen molar-refractivity contribution in [3.63, 3.8) is 0 Å². The van der Waals surface area contributed by atoms with Crippen LogP contribution in [-0.2, 0) is 5.75 Å². The normalized spacial score (nSPS) is 10.9. The van der Waals surface area contributed by atoms with Gasteiger partial charge in [0, 0.05) is 21.5 Å². The summed E-state index contributed by atoms with van der Waals surface area (Å²) in [5.74, 6) is 1.70. The van der Waals surface area contributed by atoms with Crippen molar-refractivity contribution in [2.45, 2.75) is 17.8 Å². The van der Waals surface area contributed by atoms with Gasteiger partial charge in [-0.2, -0.15) is 0 Å². The fraction of sp³-hybridized carbons (Fsp3) is 0.0909. The van der Waals surface area contributed by atoms with E-state index in [0.29, 0.717) is 0 Å². The maximum absolute atomic E-state index is 4.51. The molecule has 27 heavy (non-hydrogen) atoms. The number of nitrogens with zero attached hydrogens (tertiary/aromatic N) is 3. The molecule has 0 spiro atoms. The lowest BCUT2D eigenvalue weighted by molar-refractivity contribution is 0.886. The van der Waals surface area contributed by atoms with E-state index < -0.39 is 0 Å². The second kappa shape index (κ2) is 8.11. The average Bonchev–Trinajstić information content (AvgIpc) is 3.12. The van der Waals surface area contributed by atoms with Crippen molar-refractivity contribution in [3.05, 3.63) is 94.5 Å². The number of hydrogen-bond donors (Lipinski definition) is 0. The van der Waals surface area contributed by atoms with Crippen LogP contribution in [-0.4, -0.2) is 14.8 Å². The first-order valence-electron chi connectivity index (χ1n) is 8.66. The van der Waals surface area contributed by atoms with Crippen LogP contribution in [0.5, 0.6) is 0 Å². The van der Waals surface area contributed by atoms with Gasteiger partial charge in [0.25, 0.3) is 0 Å². The van der Waals surface area contributed by atoms with E-state index in [9.17, 15) is 0 Å². The van der Waals surface area contributed by atoms with E-state index in [2.05, 4.69) is 98.3 Å². The maximum atomic E-state index is 4.51. The Balaban J connectivity index is 1.72. The number of aryl methyl sites for hydroxylation is 1. The van der Waals surface area contributed by atoms with Crippen molar-refractivity contribution in [1.82, 2.24) is 14.8 Å². The molecule has 1 aromatic heterocycles. The van der Waals surface area contributed by atoms with Crippen LogP contribution >= 0.6 is 27.7 Å². The third-order valence-corrected chi connectivity index (χ3v) is 5.73. The minimum Gasteiger partial charge on any atom is -0.270 e. The van der Waals surface area contributed by atoms with Crippen molar-refractivity contribution in [1.29, 1.82) is 0 Å². The monoisotopic (exact) mass is 435 g/mol. The number of para-hydroxylation sites is 1. The molecule has 134 valence electrons. The Bertz CT molecular complexity index is 1040. The van der Waals surface area contributed by atoms with Crippen LogP contribution in [0, 0.1) is 6.92 Å². The highest BCUT2D eigenvalue weighted by Gasteiger charge is 2.16. The Hall–Kier alpha value is -2.37. The van der Waals surface area contributed by atoms with Gasteiger partial charge in [0.1, 0.15) is 0 Å². The fourth-order valence-electron chi connectivity index (χ4n) is 2.87. The first-order valence-corrected chi connectivity index (χ1v) is 10.4. The van der Waals surface area contributed by atoms with Gasteiger partial charge in [-0.3, -0.25) is 4.57 Å². The minimum absolute atomic E-state index is 0.839. The highest BCUT2D eigenvalue weighted by atomic mass is 79.9. The quantitative estimate of drug-likeness (QED) is 0.344. The Kier molecular flexibility index (Phi) is 5.41. The number of rotatable bonds is 5. The number of benzene rings is 3. The van der Waals surface area contributed by atoms with Gasteiger partial charge in [-0.1, -0.05) is 81.8 Å². The molecule has 0 fully saturated rings. The second-order valence-corrected chi connectivity index (χ2v) is 8.12. The predicted octanol–water partition coefficient (Wildman–Crippen LogP) is 6.30. The van der Waals surface area contributed by atoms with Crippen molar-refractivity contribution in [2.24, 2.45) is 0 Å². The molecule has 0 atom stereocenters. The zero-order chi connectivity index (χ0) is 18.6. The molecule has 0 aliphatic carbocycles. The van der Waals surface area contributed by atoms with Crippen LogP contribution in [0.25, 0.3) is 17.1 Å². The highest BCUT2D eigenvalue weighted by molar-refractivity contribution is 9.10. The van der Waals surface area contributed by atoms with Gasteiger partial charge in [0.15, 0.2) is 11.0 Å². The molecule has 5 heteroatoms. The van der Waals surface area contributed by atoms with E-state index in [4.69, 9.17) is 0 Å². The maximum Gasteiger partial charge on any atom is 0.196 e. The van der Waals surface area contributed by atoms with Gasteiger partial charge in [-0.15, -0.1) is 10.2 Å². The van der Waals surface area contributed by atoms with Crippen LogP contribution in [0.1, 0.15) is 11.1 Å². The zero-order valence-corrected chi connectivity index (χ0v) is 17.2. The standard InChI is InChI=1S/C22H18BrN3S/c1-16-6-5-7-18(14-16)21-24-25-22(26(21)20-8-3-2-4-9-20)27-15-17-10-12-19(23)13-11-17/h2-14H,15H2,1H3. The van der Waals surface area contributed by atoms with Crippen LogP contribution < -0.4 is 0 Å². The van der Waals surface area contributed by atoms with E-state index in [-0.39, 0.29) is 0 Å². The Morgan fingerprint density at radius 1 is 0.889 bits per heavy atom. The number of hydrogen-bond acceptors (Lipinski definition) is 3. The molecule has 4 aromatic rings. The lowest BCUT2D eigenvalue weighted by Gasteiger charge is -2.10. The van der Waals surface area contributed by atoms with E-state index in [1.54, 1.807) is 11.8 Å². The molecule has 0 N–H and O–H groups in total. The van der Waals surface area contributed by atoms with Gasteiger partial charge in [0.05, 0.1) is 0 Å². The minimum atomic E-state index is 0.839. The third-order valence-electron chi connectivity index (χ3n) is 4.21. The fourth-order valence-corrected chi connectivity index (χ4v) is 4.04. The molecule has 0 radical (unpaired) electrons. The van der Waals surface area contributed by atoms with E-state index in [1.165, 1.54) is 11.1 Å². The van der Waals surface area contributed by atoms with Crippen LogP contribution in [0.15, 0.2) is 88.5 Å². The smallest absolute Gasteiger partial charge is 0.196 e. The number of thioether (sulfide) groups is 1. The van der Waals surface area contributed by atoms with Gasteiger partial charge in [-0.05, 0) is 42.8 Å². The Morgan fingerprint density at radius 2 is 1.67 bits per heavy atom. The van der Waals surface area contributed by atoms with Crippen LogP contribution in [0.2, 0.25) is 0 Å². The van der Waals surface area contributed by atoms with Crippen molar-refractivity contribution in [2.75, 3.05) is 0 Å². The molecule has 4 rings (SSSR count). The molecule has 1 heterocycles. The van der Waals surface area contributed by atoms with Gasteiger partial charge < -0.3 is 0 Å². The molecule has 0 aliphatic rings. The summed E-state index contributed by atoms with van der Waals surface area (Å²) >= 11 is 5.18. The third kappa shape index (κ3) is 4.15. The summed E-state index contributed by atoms with van der Waals surface area (Å²) in [4.78, 5) is 0. The van der Waals surface area contributed by atoms with Gasteiger partial charge in [-0.25, -0.2) is 0 Å².